The minimum Gasteiger partial charge on any atom is -0.316 e. The monoisotopic (exact) mass is 203 g/mol. The molecule has 0 saturated carbocycles. The van der Waals surface area contributed by atoms with Gasteiger partial charge in [0.05, 0.1) is 20.1 Å². The lowest BCUT2D eigenvalue weighted by atomic mass is 10.1. The first kappa shape index (κ1) is 10.9. The Labute approximate surface area is 85.6 Å². The highest BCUT2D eigenvalue weighted by Gasteiger charge is 2.38. The predicted octanol–water partition coefficient (Wildman–Crippen LogP) is 0.966. The summed E-state index contributed by atoms with van der Waals surface area (Å²) in [5.41, 5.74) is 0. The molecule has 1 N–H and O–H groups in total. The molecular weight excluding hydrogens is 184 g/mol. The summed E-state index contributed by atoms with van der Waals surface area (Å²) in [5.74, 6) is 0.0650. The van der Waals surface area contributed by atoms with Crippen LogP contribution < -0.4 is 4.72 Å². The minimum atomic E-state index is 0.0650. The molecule has 76 valence electrons. The van der Waals surface area contributed by atoms with Crippen molar-refractivity contribution >= 4 is 18.7 Å². The first-order valence-corrected chi connectivity index (χ1v) is 5.37. The third kappa shape index (κ3) is 2.17. The fourth-order valence-corrected chi connectivity index (χ4v) is 2.50. The number of hydrogen-bond acceptors (Lipinski definition) is 2. The van der Waals surface area contributed by atoms with Crippen LogP contribution >= 0.6 is 12.8 Å². The van der Waals surface area contributed by atoms with Gasteiger partial charge in [-0.15, -0.1) is 0 Å². The fourth-order valence-electron chi connectivity index (χ4n) is 2.35. The van der Waals surface area contributed by atoms with E-state index in [1.54, 1.807) is 0 Å². The minimum absolute atomic E-state index is 0.0650. The lowest BCUT2D eigenvalue weighted by Gasteiger charge is -2.35. The molecule has 1 aliphatic heterocycles. The fraction of sp³-hybridized carbons (Fsp3) is 0.889. The van der Waals surface area contributed by atoms with Gasteiger partial charge in [0.15, 0.2) is 6.04 Å². The summed E-state index contributed by atoms with van der Waals surface area (Å²) in [6.07, 6.45) is 3.38. The maximum atomic E-state index is 11.5. The Morgan fingerprint density at radius 2 is 2.08 bits per heavy atom. The second-order valence-corrected chi connectivity index (χ2v) is 4.26. The van der Waals surface area contributed by atoms with Gasteiger partial charge in [-0.3, -0.25) is 9.52 Å². The van der Waals surface area contributed by atoms with Crippen molar-refractivity contribution in [3.8, 4) is 0 Å². The van der Waals surface area contributed by atoms with Crippen molar-refractivity contribution in [2.45, 2.75) is 32.2 Å². The van der Waals surface area contributed by atoms with Crippen LogP contribution in [0.5, 0.6) is 0 Å². The molecule has 0 radical (unpaired) electrons. The van der Waals surface area contributed by atoms with Crippen molar-refractivity contribution in [1.29, 1.82) is 0 Å². The maximum Gasteiger partial charge on any atom is 0.287 e. The molecule has 0 spiro atoms. The zero-order valence-electron chi connectivity index (χ0n) is 8.42. The highest BCUT2D eigenvalue weighted by atomic mass is 32.1. The summed E-state index contributed by atoms with van der Waals surface area (Å²) in [6.45, 7) is 4.31. The van der Waals surface area contributed by atoms with E-state index >= 15 is 0 Å². The summed E-state index contributed by atoms with van der Waals surface area (Å²) in [5, 5.41) is 0. The van der Waals surface area contributed by atoms with Crippen LogP contribution in [0.4, 0.5) is 0 Å². The number of hydrogen-bond donors (Lipinski definition) is 2. The molecule has 0 aromatic carbocycles. The van der Waals surface area contributed by atoms with E-state index in [1.165, 1.54) is 12.8 Å². The molecule has 0 aliphatic carbocycles. The van der Waals surface area contributed by atoms with Crippen molar-refractivity contribution in [3.63, 3.8) is 0 Å². The van der Waals surface area contributed by atoms with Crippen LogP contribution in [0.1, 0.15) is 26.2 Å². The van der Waals surface area contributed by atoms with Gasteiger partial charge in [-0.2, -0.15) is 0 Å². The smallest absolute Gasteiger partial charge is 0.287 e. The van der Waals surface area contributed by atoms with E-state index in [9.17, 15) is 4.79 Å². The third-order valence-corrected chi connectivity index (χ3v) is 3.36. The second kappa shape index (κ2) is 4.33. The lowest BCUT2D eigenvalue weighted by molar-refractivity contribution is -0.913. The first-order chi connectivity index (χ1) is 6.14. The van der Waals surface area contributed by atoms with Crippen LogP contribution in [-0.4, -0.2) is 36.6 Å². The van der Waals surface area contributed by atoms with Crippen molar-refractivity contribution in [2.24, 2.45) is 0 Å². The third-order valence-electron chi connectivity index (χ3n) is 3.14. The summed E-state index contributed by atoms with van der Waals surface area (Å²) >= 11 is 3.83. The number of nitrogens with one attached hydrogen (secondary N) is 1. The molecule has 1 heterocycles. The van der Waals surface area contributed by atoms with Gasteiger partial charge in [-0.05, 0) is 0 Å². The molecule has 1 amide bonds. The molecule has 1 unspecified atom stereocenters. The van der Waals surface area contributed by atoms with E-state index in [0.29, 0.717) is 0 Å². The lowest BCUT2D eigenvalue weighted by Crippen LogP contribution is -2.55. The van der Waals surface area contributed by atoms with Gasteiger partial charge in [0.25, 0.3) is 5.91 Å². The average molecular weight is 203 g/mol. The van der Waals surface area contributed by atoms with Crippen LogP contribution in [-0.2, 0) is 4.79 Å². The zero-order valence-corrected chi connectivity index (χ0v) is 9.31. The Kier molecular flexibility index (Phi) is 3.62. The van der Waals surface area contributed by atoms with Crippen molar-refractivity contribution < 1.29 is 9.28 Å². The van der Waals surface area contributed by atoms with Crippen LogP contribution in [0.2, 0.25) is 0 Å². The number of nitrogens with zero attached hydrogens (tertiary/aromatic N) is 1. The topological polar surface area (TPSA) is 29.1 Å². The maximum absolute atomic E-state index is 11.5. The Morgan fingerprint density at radius 3 is 2.46 bits per heavy atom. The quantitative estimate of drug-likeness (QED) is 0.519. The van der Waals surface area contributed by atoms with E-state index in [1.807, 2.05) is 0 Å². The molecule has 13 heavy (non-hydrogen) atoms. The van der Waals surface area contributed by atoms with Crippen molar-refractivity contribution in [2.75, 3.05) is 20.1 Å². The summed E-state index contributed by atoms with van der Waals surface area (Å²) in [4.78, 5) is 11.5. The van der Waals surface area contributed by atoms with E-state index in [4.69, 9.17) is 0 Å². The number of likely N-dealkylation sites (N-methyl/N-ethyl adjacent to an activating group) is 1. The molecule has 1 rings (SSSR count). The van der Waals surface area contributed by atoms with E-state index in [2.05, 4.69) is 31.5 Å². The van der Waals surface area contributed by atoms with Gasteiger partial charge in [0.1, 0.15) is 0 Å². The molecule has 1 aliphatic rings. The average Bonchev–Trinajstić information content (AvgIpc) is 2.53. The standard InChI is InChI=1S/C9H18N2OS/c1-3-8(9(12)10-13)11(2)6-4-5-7-11/h8H,3-7H2,1-2H3,(H-,10,12,13)/p+1. The Morgan fingerprint density at radius 1 is 1.54 bits per heavy atom. The molecule has 1 fully saturated rings. The Bertz CT molecular complexity index is 190. The predicted molar refractivity (Wildman–Crippen MR) is 56.4 cm³/mol. The van der Waals surface area contributed by atoms with Gasteiger partial charge in [-0.1, -0.05) is 19.7 Å². The molecular formula is C9H19N2OS+. The number of carbonyl (C=O) groups is 1. The highest BCUT2D eigenvalue weighted by molar-refractivity contribution is 7.78. The molecule has 3 nitrogen and oxygen atoms in total. The van der Waals surface area contributed by atoms with Crippen LogP contribution in [0, 0.1) is 0 Å². The molecule has 0 bridgehead atoms. The van der Waals surface area contributed by atoms with Gasteiger partial charge >= 0.3 is 0 Å². The second-order valence-electron chi connectivity index (χ2n) is 4.03. The highest BCUT2D eigenvalue weighted by Crippen LogP contribution is 2.22. The van der Waals surface area contributed by atoms with E-state index < -0.39 is 0 Å². The van der Waals surface area contributed by atoms with E-state index in [-0.39, 0.29) is 11.9 Å². The normalized spacial score (nSPS) is 22.7. The summed E-state index contributed by atoms with van der Waals surface area (Å²) < 4.78 is 3.35. The van der Waals surface area contributed by atoms with Crippen LogP contribution in [0.3, 0.4) is 0 Å². The first-order valence-electron chi connectivity index (χ1n) is 4.92. The summed E-state index contributed by atoms with van der Waals surface area (Å²) in [6, 6.07) is 0.0833. The summed E-state index contributed by atoms with van der Waals surface area (Å²) in [7, 11) is 2.17. The number of carbonyl (C=O) groups excluding carboxylic acids is 1. The number of thiol groups is 1. The van der Waals surface area contributed by atoms with Crippen LogP contribution in [0.25, 0.3) is 0 Å². The van der Waals surface area contributed by atoms with E-state index in [0.717, 1.165) is 24.0 Å². The molecule has 4 heteroatoms. The number of likely N-dealkylation sites (tertiary alicyclic amines) is 1. The van der Waals surface area contributed by atoms with Crippen molar-refractivity contribution in [3.05, 3.63) is 0 Å². The van der Waals surface area contributed by atoms with Gasteiger partial charge < -0.3 is 4.48 Å². The van der Waals surface area contributed by atoms with Gasteiger partial charge in [0.2, 0.25) is 0 Å². The van der Waals surface area contributed by atoms with Crippen LogP contribution in [0.15, 0.2) is 0 Å². The molecule has 1 saturated heterocycles. The molecule has 0 aromatic heterocycles. The number of amides is 1. The Hall–Kier alpha value is -0.220. The number of quaternary nitrogens is 1. The largest absolute Gasteiger partial charge is 0.316 e. The van der Waals surface area contributed by atoms with Crippen molar-refractivity contribution in [1.82, 2.24) is 4.72 Å². The van der Waals surface area contributed by atoms with Gasteiger partial charge in [0, 0.05) is 19.3 Å². The Balaban J connectivity index is 2.69. The molecule has 0 aromatic rings. The zero-order chi connectivity index (χ0) is 9.90. The number of rotatable bonds is 3. The van der Waals surface area contributed by atoms with Gasteiger partial charge in [-0.25, -0.2) is 0 Å². The molecule has 1 atom stereocenters. The SMILES string of the molecule is CCC(C(=O)NS)[N+]1(C)CCCC1.